The largest absolute Gasteiger partial charge is 0.383 e. The molecular weight excluding hydrogens is 172 g/mol. The number of anilines is 2. The van der Waals surface area contributed by atoms with Crippen molar-refractivity contribution in [2.24, 2.45) is 0 Å². The Morgan fingerprint density at radius 1 is 1.21 bits per heavy atom. The van der Waals surface area contributed by atoms with Gasteiger partial charge >= 0.3 is 0 Å². The average Bonchev–Trinajstić information content (AvgIpc) is 2.01. The van der Waals surface area contributed by atoms with Gasteiger partial charge in [-0.15, -0.1) is 0 Å². The second-order valence-corrected chi connectivity index (χ2v) is 4.19. The highest BCUT2D eigenvalue weighted by molar-refractivity contribution is 5.60. The maximum Gasteiger partial charge on any atom is 0.0392 e. The summed E-state index contributed by atoms with van der Waals surface area (Å²) < 4.78 is 0. The van der Waals surface area contributed by atoms with Crippen LogP contribution in [-0.2, 0) is 0 Å². The lowest BCUT2D eigenvalue weighted by atomic mass is 10.1. The molecule has 78 valence electrons. The van der Waals surface area contributed by atoms with Gasteiger partial charge in [-0.05, 0) is 44.5 Å². The van der Waals surface area contributed by atoms with Crippen molar-refractivity contribution in [2.45, 2.75) is 26.8 Å². The van der Waals surface area contributed by atoms with Crippen molar-refractivity contribution < 1.29 is 0 Å². The van der Waals surface area contributed by atoms with Crippen LogP contribution in [0.1, 0.15) is 19.4 Å². The van der Waals surface area contributed by atoms with Crippen LogP contribution < -0.4 is 10.2 Å². The Balaban J connectivity index is 2.89. The van der Waals surface area contributed by atoms with Crippen molar-refractivity contribution in [3.63, 3.8) is 0 Å². The average molecular weight is 192 g/mol. The highest BCUT2D eigenvalue weighted by Crippen LogP contribution is 2.21. The van der Waals surface area contributed by atoms with Crippen molar-refractivity contribution >= 4 is 11.4 Å². The molecule has 0 aromatic heterocycles. The van der Waals surface area contributed by atoms with Crippen LogP contribution in [0.4, 0.5) is 11.4 Å². The molecule has 0 atom stereocenters. The van der Waals surface area contributed by atoms with E-state index in [1.54, 1.807) is 0 Å². The van der Waals surface area contributed by atoms with Crippen LogP contribution in [0.3, 0.4) is 0 Å². The second kappa shape index (κ2) is 4.36. The van der Waals surface area contributed by atoms with Crippen LogP contribution in [0.2, 0.25) is 0 Å². The van der Waals surface area contributed by atoms with E-state index < -0.39 is 0 Å². The molecule has 0 heterocycles. The lowest BCUT2D eigenvalue weighted by Crippen LogP contribution is -2.12. The van der Waals surface area contributed by atoms with Crippen LogP contribution in [0.25, 0.3) is 0 Å². The van der Waals surface area contributed by atoms with Gasteiger partial charge in [-0.3, -0.25) is 0 Å². The molecule has 0 aliphatic rings. The second-order valence-electron chi connectivity index (χ2n) is 4.19. The van der Waals surface area contributed by atoms with E-state index in [1.807, 2.05) is 0 Å². The van der Waals surface area contributed by atoms with E-state index in [-0.39, 0.29) is 0 Å². The monoisotopic (exact) mass is 192 g/mol. The molecule has 1 aromatic carbocycles. The van der Waals surface area contributed by atoms with E-state index in [2.05, 4.69) is 63.3 Å². The van der Waals surface area contributed by atoms with Gasteiger partial charge in [0.1, 0.15) is 0 Å². The van der Waals surface area contributed by atoms with Crippen LogP contribution in [0.5, 0.6) is 0 Å². The van der Waals surface area contributed by atoms with Crippen LogP contribution >= 0.6 is 0 Å². The van der Waals surface area contributed by atoms with Gasteiger partial charge in [-0.25, -0.2) is 0 Å². The minimum Gasteiger partial charge on any atom is -0.383 e. The van der Waals surface area contributed by atoms with Gasteiger partial charge in [0.25, 0.3) is 0 Å². The van der Waals surface area contributed by atoms with Crippen molar-refractivity contribution in [1.29, 1.82) is 0 Å². The third kappa shape index (κ3) is 2.66. The maximum absolute atomic E-state index is 3.39. The van der Waals surface area contributed by atoms with Crippen molar-refractivity contribution in [1.82, 2.24) is 0 Å². The van der Waals surface area contributed by atoms with E-state index in [0.717, 1.165) is 0 Å². The zero-order valence-electron chi connectivity index (χ0n) is 9.76. The smallest absolute Gasteiger partial charge is 0.0392 e. The molecule has 0 spiro atoms. The number of rotatable bonds is 3. The van der Waals surface area contributed by atoms with Crippen molar-refractivity contribution in [3.8, 4) is 0 Å². The SMILES string of the molecule is Cc1cc(NC(C)C)ccc1N(C)C. The molecule has 1 N–H and O–H groups in total. The molecule has 0 saturated heterocycles. The standard InChI is InChI=1S/C12H20N2/c1-9(2)13-11-6-7-12(14(4)5)10(3)8-11/h6-9,13H,1-5H3. The molecule has 1 rings (SSSR count). The lowest BCUT2D eigenvalue weighted by molar-refractivity contribution is 0.899. The van der Waals surface area contributed by atoms with Gasteiger partial charge in [0, 0.05) is 31.5 Å². The molecule has 0 aliphatic carbocycles. The zero-order chi connectivity index (χ0) is 10.7. The molecule has 2 heteroatoms. The summed E-state index contributed by atoms with van der Waals surface area (Å²) >= 11 is 0. The number of nitrogens with one attached hydrogen (secondary N) is 1. The molecule has 0 amide bonds. The Morgan fingerprint density at radius 2 is 1.86 bits per heavy atom. The topological polar surface area (TPSA) is 15.3 Å². The number of nitrogens with zero attached hydrogens (tertiary/aromatic N) is 1. The van der Waals surface area contributed by atoms with Crippen molar-refractivity contribution in [2.75, 3.05) is 24.3 Å². The first-order chi connectivity index (χ1) is 6.50. The highest BCUT2D eigenvalue weighted by atomic mass is 15.1. The quantitative estimate of drug-likeness (QED) is 0.792. The van der Waals surface area contributed by atoms with Crippen LogP contribution in [-0.4, -0.2) is 20.1 Å². The van der Waals surface area contributed by atoms with Crippen LogP contribution in [0, 0.1) is 6.92 Å². The summed E-state index contributed by atoms with van der Waals surface area (Å²) in [4.78, 5) is 2.13. The van der Waals surface area contributed by atoms with E-state index in [0.29, 0.717) is 6.04 Å². The Bertz CT molecular complexity index is 303. The Morgan fingerprint density at radius 3 is 2.29 bits per heavy atom. The van der Waals surface area contributed by atoms with Gasteiger partial charge < -0.3 is 10.2 Å². The predicted molar refractivity (Wildman–Crippen MR) is 64.3 cm³/mol. The first-order valence-corrected chi connectivity index (χ1v) is 5.05. The Hall–Kier alpha value is -1.18. The zero-order valence-corrected chi connectivity index (χ0v) is 9.76. The third-order valence-electron chi connectivity index (χ3n) is 2.13. The maximum atomic E-state index is 3.39. The summed E-state index contributed by atoms with van der Waals surface area (Å²) in [6.45, 7) is 6.44. The molecule has 0 aliphatic heterocycles. The minimum atomic E-state index is 0.486. The normalized spacial score (nSPS) is 10.4. The molecule has 1 aromatic rings. The summed E-state index contributed by atoms with van der Waals surface area (Å²) in [5, 5.41) is 3.39. The van der Waals surface area contributed by atoms with E-state index in [4.69, 9.17) is 0 Å². The van der Waals surface area contributed by atoms with E-state index >= 15 is 0 Å². The van der Waals surface area contributed by atoms with Gasteiger partial charge in [0.05, 0.1) is 0 Å². The summed E-state index contributed by atoms with van der Waals surface area (Å²) in [7, 11) is 4.13. The van der Waals surface area contributed by atoms with Crippen LogP contribution in [0.15, 0.2) is 18.2 Å². The fourth-order valence-corrected chi connectivity index (χ4v) is 1.58. The summed E-state index contributed by atoms with van der Waals surface area (Å²) in [5.74, 6) is 0. The Kier molecular flexibility index (Phi) is 3.39. The third-order valence-corrected chi connectivity index (χ3v) is 2.13. The number of hydrogen-bond acceptors (Lipinski definition) is 2. The highest BCUT2D eigenvalue weighted by Gasteiger charge is 2.02. The van der Waals surface area contributed by atoms with Gasteiger partial charge in [0.15, 0.2) is 0 Å². The summed E-state index contributed by atoms with van der Waals surface area (Å²) in [6.07, 6.45) is 0. The van der Waals surface area contributed by atoms with E-state index in [9.17, 15) is 0 Å². The number of hydrogen-bond donors (Lipinski definition) is 1. The minimum absolute atomic E-state index is 0.486. The van der Waals surface area contributed by atoms with E-state index in [1.165, 1.54) is 16.9 Å². The first-order valence-electron chi connectivity index (χ1n) is 5.05. The van der Waals surface area contributed by atoms with Gasteiger partial charge in [-0.1, -0.05) is 0 Å². The summed E-state index contributed by atoms with van der Waals surface area (Å²) in [5.41, 5.74) is 3.78. The first kappa shape index (κ1) is 10.9. The molecule has 0 bridgehead atoms. The summed E-state index contributed by atoms with van der Waals surface area (Å²) in [6, 6.07) is 6.96. The number of benzene rings is 1. The molecule has 0 radical (unpaired) electrons. The Labute approximate surface area is 86.9 Å². The number of aryl methyl sites for hydroxylation is 1. The van der Waals surface area contributed by atoms with Crippen molar-refractivity contribution in [3.05, 3.63) is 23.8 Å². The molecule has 0 saturated carbocycles. The molecule has 2 nitrogen and oxygen atoms in total. The van der Waals surface area contributed by atoms with Gasteiger partial charge in [0.2, 0.25) is 0 Å². The fraction of sp³-hybridized carbons (Fsp3) is 0.500. The van der Waals surface area contributed by atoms with Gasteiger partial charge in [-0.2, -0.15) is 0 Å². The fourth-order valence-electron chi connectivity index (χ4n) is 1.58. The molecule has 14 heavy (non-hydrogen) atoms. The predicted octanol–water partition coefficient (Wildman–Crippen LogP) is 2.88. The molecule has 0 unspecified atom stereocenters. The molecule has 0 fully saturated rings. The lowest BCUT2D eigenvalue weighted by Gasteiger charge is -2.17. The molecular formula is C12H20N2.